The number of anilines is 1. The van der Waals surface area contributed by atoms with Gasteiger partial charge in [-0.25, -0.2) is 4.79 Å². The molecule has 0 spiro atoms. The molecule has 0 bridgehead atoms. The molecule has 0 saturated heterocycles. The van der Waals surface area contributed by atoms with E-state index in [1.807, 2.05) is 19.1 Å². The lowest BCUT2D eigenvalue weighted by Gasteiger charge is -2.10. The summed E-state index contributed by atoms with van der Waals surface area (Å²) in [7, 11) is 1.49. The monoisotopic (exact) mass is 483 g/mol. The number of halogens is 1. The summed E-state index contributed by atoms with van der Waals surface area (Å²) >= 11 is 11.2. The molecule has 0 amide bonds. The van der Waals surface area contributed by atoms with Gasteiger partial charge in [0.05, 0.1) is 25.5 Å². The fourth-order valence-electron chi connectivity index (χ4n) is 2.75. The maximum atomic E-state index is 12.5. The van der Waals surface area contributed by atoms with Crippen molar-refractivity contribution in [1.29, 1.82) is 0 Å². The minimum absolute atomic E-state index is 0.291. The second-order valence-electron chi connectivity index (χ2n) is 6.59. The van der Waals surface area contributed by atoms with E-state index in [9.17, 15) is 4.79 Å². The number of thiocarbonyl (C=S) groups is 1. The van der Waals surface area contributed by atoms with E-state index in [2.05, 4.69) is 15.8 Å². The van der Waals surface area contributed by atoms with Crippen LogP contribution in [0.1, 0.15) is 22.8 Å². The molecule has 0 heterocycles. The Morgan fingerprint density at radius 3 is 2.58 bits per heavy atom. The lowest BCUT2D eigenvalue weighted by molar-refractivity contribution is 0.0729. The number of methoxy groups -OCH3 is 1. The zero-order valence-corrected chi connectivity index (χ0v) is 19.6. The highest BCUT2D eigenvalue weighted by Gasteiger charge is 2.13. The second-order valence-corrected chi connectivity index (χ2v) is 7.44. The van der Waals surface area contributed by atoms with Crippen molar-refractivity contribution in [3.63, 3.8) is 0 Å². The molecule has 9 heteroatoms. The highest BCUT2D eigenvalue weighted by Crippen LogP contribution is 2.28. The summed E-state index contributed by atoms with van der Waals surface area (Å²) in [6.45, 7) is 2.45. The van der Waals surface area contributed by atoms with Crippen LogP contribution in [0.25, 0.3) is 0 Å². The van der Waals surface area contributed by atoms with Gasteiger partial charge >= 0.3 is 5.97 Å². The molecule has 3 rings (SSSR count). The Balaban J connectivity index is 1.60. The van der Waals surface area contributed by atoms with Crippen molar-refractivity contribution in [2.75, 3.05) is 19.0 Å². The SMILES string of the molecule is CCOc1ccc(C(=O)Oc2ccc(/C=N/NC(=S)Nc3cccc(Cl)c3)cc2OC)cc1. The summed E-state index contributed by atoms with van der Waals surface area (Å²) < 4.78 is 16.2. The van der Waals surface area contributed by atoms with Crippen molar-refractivity contribution < 1.29 is 19.0 Å². The molecule has 3 aromatic rings. The van der Waals surface area contributed by atoms with Gasteiger partial charge < -0.3 is 19.5 Å². The number of carbonyl (C=O) groups is 1. The van der Waals surface area contributed by atoms with Gasteiger partial charge in [0.15, 0.2) is 16.6 Å². The Morgan fingerprint density at radius 1 is 1.09 bits per heavy atom. The van der Waals surface area contributed by atoms with Crippen molar-refractivity contribution >= 4 is 46.8 Å². The Bertz CT molecular complexity index is 1150. The molecule has 33 heavy (non-hydrogen) atoms. The number of carbonyl (C=O) groups excluding carboxylic acids is 1. The molecular formula is C24H22ClN3O4S. The molecule has 0 radical (unpaired) electrons. The molecule has 0 aromatic heterocycles. The number of rotatable bonds is 8. The largest absolute Gasteiger partial charge is 0.494 e. The summed E-state index contributed by atoms with van der Waals surface area (Å²) in [6.07, 6.45) is 1.56. The van der Waals surface area contributed by atoms with Gasteiger partial charge in [0.25, 0.3) is 0 Å². The molecule has 0 aliphatic heterocycles. The highest BCUT2D eigenvalue weighted by molar-refractivity contribution is 7.80. The van der Waals surface area contributed by atoms with Crippen molar-refractivity contribution in [1.82, 2.24) is 5.43 Å². The topological polar surface area (TPSA) is 81.2 Å². The highest BCUT2D eigenvalue weighted by atomic mass is 35.5. The smallest absolute Gasteiger partial charge is 0.343 e. The van der Waals surface area contributed by atoms with Gasteiger partial charge in [-0.1, -0.05) is 17.7 Å². The predicted octanol–water partition coefficient (Wildman–Crippen LogP) is 5.29. The van der Waals surface area contributed by atoms with Gasteiger partial charge in [-0.05, 0) is 85.4 Å². The third kappa shape index (κ3) is 7.20. The van der Waals surface area contributed by atoms with Crippen LogP contribution in [-0.2, 0) is 0 Å². The fourth-order valence-corrected chi connectivity index (χ4v) is 3.11. The maximum absolute atomic E-state index is 12.5. The molecule has 170 valence electrons. The van der Waals surface area contributed by atoms with E-state index in [1.54, 1.807) is 60.8 Å². The van der Waals surface area contributed by atoms with Crippen LogP contribution in [0.15, 0.2) is 71.8 Å². The Labute approximate surface area is 202 Å². The van der Waals surface area contributed by atoms with E-state index in [1.165, 1.54) is 7.11 Å². The van der Waals surface area contributed by atoms with Gasteiger partial charge in [-0.15, -0.1) is 0 Å². The second kappa shape index (κ2) is 11.8. The Kier molecular flexibility index (Phi) is 8.63. The van der Waals surface area contributed by atoms with E-state index in [-0.39, 0.29) is 0 Å². The first-order chi connectivity index (χ1) is 16.0. The number of nitrogens with one attached hydrogen (secondary N) is 2. The van der Waals surface area contributed by atoms with Crippen LogP contribution in [0.3, 0.4) is 0 Å². The minimum atomic E-state index is -0.503. The molecule has 3 aromatic carbocycles. The van der Waals surface area contributed by atoms with E-state index >= 15 is 0 Å². The van der Waals surface area contributed by atoms with Gasteiger partial charge in [0.1, 0.15) is 5.75 Å². The van der Waals surface area contributed by atoms with Crippen LogP contribution in [0.5, 0.6) is 17.2 Å². The number of benzene rings is 3. The van der Waals surface area contributed by atoms with Crippen LogP contribution in [-0.4, -0.2) is 31.0 Å². The number of hydrogen-bond acceptors (Lipinski definition) is 6. The average Bonchev–Trinajstić information content (AvgIpc) is 2.80. The standard InChI is InChI=1S/C24H22ClN3O4S/c1-3-31-20-10-8-17(9-11-20)23(29)32-21-12-7-16(13-22(21)30-2)15-26-28-24(33)27-19-6-4-5-18(25)14-19/h4-15H,3H2,1-2H3,(H2,27,28,33)/b26-15+. The van der Waals surface area contributed by atoms with E-state index < -0.39 is 5.97 Å². The zero-order chi connectivity index (χ0) is 23.6. The van der Waals surface area contributed by atoms with Crippen molar-refractivity contribution in [2.24, 2.45) is 5.10 Å². The van der Waals surface area contributed by atoms with Crippen molar-refractivity contribution in [3.8, 4) is 17.2 Å². The number of hydrogen-bond donors (Lipinski definition) is 2. The lowest BCUT2D eigenvalue weighted by Crippen LogP contribution is -2.23. The molecule has 0 aliphatic rings. The molecule has 2 N–H and O–H groups in total. The number of nitrogens with zero attached hydrogens (tertiary/aromatic N) is 1. The molecule has 0 unspecified atom stereocenters. The molecule has 0 saturated carbocycles. The molecule has 0 aliphatic carbocycles. The average molecular weight is 484 g/mol. The quantitative estimate of drug-likeness (QED) is 0.148. The fraction of sp³-hybridized carbons (Fsp3) is 0.125. The third-order valence-electron chi connectivity index (χ3n) is 4.25. The first-order valence-electron chi connectivity index (χ1n) is 9.97. The maximum Gasteiger partial charge on any atom is 0.343 e. The first-order valence-corrected chi connectivity index (χ1v) is 10.8. The van der Waals surface area contributed by atoms with Crippen LogP contribution in [0, 0.1) is 0 Å². The van der Waals surface area contributed by atoms with Crippen LogP contribution >= 0.6 is 23.8 Å². The summed E-state index contributed by atoms with van der Waals surface area (Å²) in [4.78, 5) is 12.5. The first kappa shape index (κ1) is 24.0. The summed E-state index contributed by atoms with van der Waals surface area (Å²) in [5.74, 6) is 0.862. The van der Waals surface area contributed by atoms with Gasteiger partial charge in [0, 0.05) is 10.7 Å². The van der Waals surface area contributed by atoms with E-state index in [0.29, 0.717) is 45.1 Å². The Morgan fingerprint density at radius 2 is 1.88 bits per heavy atom. The minimum Gasteiger partial charge on any atom is -0.494 e. The normalized spacial score (nSPS) is 10.5. The van der Waals surface area contributed by atoms with Crippen molar-refractivity contribution in [3.05, 3.63) is 82.9 Å². The predicted molar refractivity (Wildman–Crippen MR) is 134 cm³/mol. The van der Waals surface area contributed by atoms with E-state index in [4.69, 9.17) is 38.0 Å². The summed E-state index contributed by atoms with van der Waals surface area (Å²) in [6, 6.07) is 19.0. The molecular weight excluding hydrogens is 462 g/mol. The summed E-state index contributed by atoms with van der Waals surface area (Å²) in [5.41, 5.74) is 4.59. The third-order valence-corrected chi connectivity index (χ3v) is 4.68. The summed E-state index contributed by atoms with van der Waals surface area (Å²) in [5, 5.41) is 8.00. The van der Waals surface area contributed by atoms with Crippen molar-refractivity contribution in [2.45, 2.75) is 6.92 Å². The van der Waals surface area contributed by atoms with E-state index in [0.717, 1.165) is 5.69 Å². The van der Waals surface area contributed by atoms with Crippen LogP contribution in [0.2, 0.25) is 5.02 Å². The molecule has 0 fully saturated rings. The Hall–Kier alpha value is -3.62. The number of hydrazone groups is 1. The lowest BCUT2D eigenvalue weighted by atomic mass is 10.2. The molecule has 0 atom stereocenters. The van der Waals surface area contributed by atoms with Gasteiger partial charge in [-0.3, -0.25) is 5.43 Å². The van der Waals surface area contributed by atoms with Gasteiger partial charge in [0.2, 0.25) is 0 Å². The zero-order valence-electron chi connectivity index (χ0n) is 18.0. The van der Waals surface area contributed by atoms with Crippen LogP contribution < -0.4 is 25.0 Å². The molecule has 7 nitrogen and oxygen atoms in total. The number of ether oxygens (including phenoxy) is 3. The number of esters is 1. The van der Waals surface area contributed by atoms with Crippen LogP contribution in [0.4, 0.5) is 5.69 Å². The van der Waals surface area contributed by atoms with Gasteiger partial charge in [-0.2, -0.15) is 5.10 Å².